The van der Waals surface area contributed by atoms with Gasteiger partial charge in [-0.3, -0.25) is 9.36 Å². The molecule has 9 nitrogen and oxygen atoms in total. The van der Waals surface area contributed by atoms with Crippen molar-refractivity contribution in [2.24, 2.45) is 0 Å². The van der Waals surface area contributed by atoms with Crippen molar-refractivity contribution in [3.05, 3.63) is 52.5 Å². The van der Waals surface area contributed by atoms with Crippen molar-refractivity contribution in [3.63, 3.8) is 0 Å². The maximum atomic E-state index is 15.8. The molecule has 2 aromatic heterocycles. The van der Waals surface area contributed by atoms with E-state index in [4.69, 9.17) is 5.73 Å². The second-order valence-electron chi connectivity index (χ2n) is 11.9. The molecule has 0 aliphatic carbocycles. The molecule has 2 aliphatic heterocycles. The lowest BCUT2D eigenvalue weighted by molar-refractivity contribution is -0.137. The first kappa shape index (κ1) is 34.9. The quantitative estimate of drug-likeness (QED) is 0.196. The molecule has 2 aromatic carbocycles. The number of nitrogens with two attached hydrogens (primary N) is 1. The number of nitrogens with one attached hydrogen (secondary N) is 1. The Kier molecular flexibility index (Phi) is 8.84. The first-order valence-electron chi connectivity index (χ1n) is 14.7. The largest absolute Gasteiger partial charge is 0.417 e. The number of carbonyl (C=O) groups excluding carboxylic acids is 1. The molecule has 1 fully saturated rings. The summed E-state index contributed by atoms with van der Waals surface area (Å²) < 4.78 is 116. The summed E-state index contributed by atoms with van der Waals surface area (Å²) in [6, 6.07) is -0.938. The number of halogens is 8. The molecule has 6 rings (SSSR count). The SMILES string of the molecule is C=CC(=O)N1[C@H](C)CN(c2nc(=O)n3c4c(c(-c5c(F)cc(F)c6sc(N)nc56)c(C(F)(F)F)cc24)SCC(NCC(F)(F)F)C3)C[C@@H]1C. The Morgan fingerprint density at radius 3 is 2.35 bits per heavy atom. The molecule has 0 bridgehead atoms. The van der Waals surface area contributed by atoms with Crippen LogP contribution >= 0.6 is 23.1 Å². The first-order valence-corrected chi connectivity index (χ1v) is 16.6. The van der Waals surface area contributed by atoms with Crippen LogP contribution in [0, 0.1) is 11.6 Å². The Bertz CT molecular complexity index is 2050. The summed E-state index contributed by atoms with van der Waals surface area (Å²) in [6.45, 7) is 5.18. The number of thioether (sulfide) groups is 1. The highest BCUT2D eigenvalue weighted by molar-refractivity contribution is 7.99. The van der Waals surface area contributed by atoms with E-state index in [0.717, 1.165) is 16.7 Å². The number of piperazine rings is 1. The molecule has 0 spiro atoms. The van der Waals surface area contributed by atoms with E-state index in [9.17, 15) is 27.2 Å². The Labute approximate surface area is 280 Å². The average molecular weight is 734 g/mol. The highest BCUT2D eigenvalue weighted by Crippen LogP contribution is 2.51. The van der Waals surface area contributed by atoms with Gasteiger partial charge >= 0.3 is 18.0 Å². The zero-order chi connectivity index (χ0) is 35.7. The van der Waals surface area contributed by atoms with Gasteiger partial charge in [-0.1, -0.05) is 17.9 Å². The Balaban J connectivity index is 1.67. The van der Waals surface area contributed by atoms with Crippen LogP contribution in [0.4, 0.5) is 46.1 Å². The van der Waals surface area contributed by atoms with E-state index in [-0.39, 0.29) is 56.2 Å². The molecule has 19 heteroatoms. The summed E-state index contributed by atoms with van der Waals surface area (Å²) in [5, 5.41) is 1.89. The predicted molar refractivity (Wildman–Crippen MR) is 171 cm³/mol. The molecule has 3 atom stereocenters. The van der Waals surface area contributed by atoms with Crippen LogP contribution in [0.3, 0.4) is 0 Å². The monoisotopic (exact) mass is 733 g/mol. The van der Waals surface area contributed by atoms with E-state index in [1.54, 1.807) is 23.6 Å². The summed E-state index contributed by atoms with van der Waals surface area (Å²) in [5.41, 5.74) is 1.35. The number of hydrogen-bond acceptors (Lipinski definition) is 9. The topological polar surface area (TPSA) is 109 Å². The maximum Gasteiger partial charge on any atom is 0.417 e. The number of carbonyl (C=O) groups is 1. The third-order valence-electron chi connectivity index (χ3n) is 8.41. The summed E-state index contributed by atoms with van der Waals surface area (Å²) in [6.07, 6.45) is -8.67. The van der Waals surface area contributed by atoms with Crippen molar-refractivity contribution in [2.75, 3.05) is 36.0 Å². The summed E-state index contributed by atoms with van der Waals surface area (Å²) in [4.78, 5) is 37.2. The van der Waals surface area contributed by atoms with E-state index in [1.807, 2.05) is 0 Å². The van der Waals surface area contributed by atoms with Crippen molar-refractivity contribution < 1.29 is 39.9 Å². The number of aromatic nitrogens is 3. The van der Waals surface area contributed by atoms with Gasteiger partial charge in [-0.05, 0) is 26.0 Å². The van der Waals surface area contributed by atoms with Crippen molar-refractivity contribution in [1.29, 1.82) is 0 Å². The highest BCUT2D eigenvalue weighted by Gasteiger charge is 2.41. The smallest absolute Gasteiger partial charge is 0.375 e. The molecule has 49 heavy (non-hydrogen) atoms. The number of thiazole rings is 1. The minimum Gasteiger partial charge on any atom is -0.375 e. The lowest BCUT2D eigenvalue weighted by atomic mass is 9.94. The molecule has 3 N–H and O–H groups in total. The maximum absolute atomic E-state index is 15.8. The van der Waals surface area contributed by atoms with Gasteiger partial charge in [0.1, 0.15) is 17.5 Å². The fourth-order valence-electron chi connectivity index (χ4n) is 6.56. The number of alkyl halides is 6. The molecule has 262 valence electrons. The van der Waals surface area contributed by atoms with Crippen molar-refractivity contribution in [3.8, 4) is 11.1 Å². The Morgan fingerprint density at radius 1 is 1.06 bits per heavy atom. The standard InChI is InChI=1S/C30H27F8N7O2S2/c1-4-19(46)45-12(2)7-43(8-13(45)3)26-15-5-16(30(36,37)38)20(21-17(31)6-18(32)24-22(21)41-27(39)49-24)25-23(15)44(28(47)42-26)9-14(10-48-25)40-11-29(33,34)35/h4-6,12-14,40H,1,7-11H2,2-3H3,(H2,39,41)/t12-,13+,14?. The zero-order valence-electron chi connectivity index (χ0n) is 25.7. The number of fused-ring (bicyclic) bond motifs is 1. The van der Waals surface area contributed by atoms with Crippen LogP contribution in [0.2, 0.25) is 0 Å². The van der Waals surface area contributed by atoms with Crippen molar-refractivity contribution >= 4 is 61.1 Å². The van der Waals surface area contributed by atoms with Gasteiger partial charge in [0.2, 0.25) is 5.91 Å². The van der Waals surface area contributed by atoms with Crippen LogP contribution in [0.1, 0.15) is 19.4 Å². The number of nitrogens with zero attached hydrogens (tertiary/aromatic N) is 5. The van der Waals surface area contributed by atoms with Gasteiger partial charge in [0.05, 0.1) is 27.8 Å². The van der Waals surface area contributed by atoms with Crippen LogP contribution in [-0.4, -0.2) is 75.0 Å². The first-order chi connectivity index (χ1) is 22.9. The number of amides is 1. The Hall–Kier alpha value is -3.97. The summed E-state index contributed by atoms with van der Waals surface area (Å²) in [7, 11) is 0. The molecule has 4 aromatic rings. The third-order valence-corrected chi connectivity index (χ3v) is 10.6. The number of nitrogen functional groups attached to an aromatic ring is 1. The molecule has 0 saturated carbocycles. The number of rotatable bonds is 5. The van der Waals surface area contributed by atoms with Gasteiger partial charge in [0.15, 0.2) is 5.13 Å². The Morgan fingerprint density at radius 2 is 1.73 bits per heavy atom. The lowest BCUT2D eigenvalue weighted by Gasteiger charge is -2.44. The number of hydrogen-bond donors (Lipinski definition) is 2. The lowest BCUT2D eigenvalue weighted by Crippen LogP contribution is -2.58. The molecule has 2 aliphatic rings. The number of benzene rings is 2. The van der Waals surface area contributed by atoms with Gasteiger partial charge in [-0.15, -0.1) is 11.8 Å². The van der Waals surface area contributed by atoms with Crippen molar-refractivity contribution in [2.45, 2.75) is 55.8 Å². The van der Waals surface area contributed by atoms with Crippen LogP contribution in [-0.2, 0) is 17.5 Å². The van der Waals surface area contributed by atoms with Crippen LogP contribution in [0.25, 0.3) is 32.2 Å². The normalized spacial score (nSPS) is 20.2. The van der Waals surface area contributed by atoms with E-state index >= 15 is 17.6 Å². The van der Waals surface area contributed by atoms with Gasteiger partial charge in [-0.2, -0.15) is 31.3 Å². The van der Waals surface area contributed by atoms with Gasteiger partial charge in [-0.25, -0.2) is 18.6 Å². The summed E-state index contributed by atoms with van der Waals surface area (Å²) in [5.74, 6) is -3.27. The predicted octanol–water partition coefficient (Wildman–Crippen LogP) is 5.79. The van der Waals surface area contributed by atoms with E-state index in [2.05, 4.69) is 21.9 Å². The zero-order valence-corrected chi connectivity index (χ0v) is 27.3. The van der Waals surface area contributed by atoms with Crippen LogP contribution in [0.15, 0.2) is 34.5 Å². The molecular formula is C30H27F8N7O2S2. The van der Waals surface area contributed by atoms with E-state index in [0.29, 0.717) is 29.2 Å². The number of anilines is 2. The van der Waals surface area contributed by atoms with E-state index < -0.39 is 83.1 Å². The molecule has 1 saturated heterocycles. The van der Waals surface area contributed by atoms with Gasteiger partial charge < -0.3 is 20.9 Å². The minimum atomic E-state index is -5.16. The third kappa shape index (κ3) is 6.31. The van der Waals surface area contributed by atoms with Gasteiger partial charge in [0, 0.05) is 71.0 Å². The molecule has 4 heterocycles. The molecule has 0 radical (unpaired) electrons. The summed E-state index contributed by atoms with van der Waals surface area (Å²) >= 11 is 1.30. The minimum absolute atomic E-state index is 0.0577. The fraction of sp³-hybridized carbons (Fsp3) is 0.400. The molecule has 1 unspecified atom stereocenters. The van der Waals surface area contributed by atoms with Crippen LogP contribution in [0.5, 0.6) is 0 Å². The molecule has 1 amide bonds. The fourth-order valence-corrected chi connectivity index (χ4v) is 8.61. The second-order valence-corrected chi connectivity index (χ2v) is 13.9. The average Bonchev–Trinajstić information content (AvgIpc) is 3.28. The van der Waals surface area contributed by atoms with Crippen molar-refractivity contribution in [1.82, 2.24) is 24.8 Å². The molecular weight excluding hydrogens is 706 g/mol. The highest BCUT2D eigenvalue weighted by atomic mass is 32.2. The van der Waals surface area contributed by atoms with Gasteiger partial charge in [0.25, 0.3) is 0 Å². The second kappa shape index (κ2) is 12.4. The van der Waals surface area contributed by atoms with Crippen LogP contribution < -0.4 is 21.6 Å². The van der Waals surface area contributed by atoms with E-state index in [1.165, 1.54) is 0 Å².